The van der Waals surface area contributed by atoms with Crippen LogP contribution in [0.4, 0.5) is 4.39 Å². The van der Waals surface area contributed by atoms with E-state index in [2.05, 4.69) is 0 Å². The summed E-state index contributed by atoms with van der Waals surface area (Å²) in [5, 5.41) is 9.97. The lowest BCUT2D eigenvalue weighted by atomic mass is 10.1. The van der Waals surface area contributed by atoms with E-state index in [0.29, 0.717) is 10.6 Å². The van der Waals surface area contributed by atoms with Crippen LogP contribution in [0.25, 0.3) is 0 Å². The number of hydrogen-bond donors (Lipinski definition) is 1. The summed E-state index contributed by atoms with van der Waals surface area (Å²) in [6.07, 6.45) is -0.698. The van der Waals surface area contributed by atoms with Gasteiger partial charge in [0.1, 0.15) is 6.61 Å². The van der Waals surface area contributed by atoms with E-state index < -0.39 is 11.9 Å². The van der Waals surface area contributed by atoms with E-state index in [0.717, 1.165) is 5.56 Å². The number of hydrogen-bond acceptors (Lipinski definition) is 2. The molecular weight excluding hydrogens is 267 g/mol. The number of rotatable bonds is 4. The van der Waals surface area contributed by atoms with Crippen molar-refractivity contribution in [2.24, 2.45) is 0 Å². The molecule has 0 saturated carbocycles. The van der Waals surface area contributed by atoms with Crippen molar-refractivity contribution in [3.63, 3.8) is 0 Å². The Hall–Kier alpha value is -1.58. The third kappa shape index (κ3) is 3.69. The second-order valence-electron chi connectivity index (χ2n) is 4.28. The largest absolute Gasteiger partial charge is 0.486 e. The molecule has 2 nitrogen and oxygen atoms in total. The number of halogens is 2. The highest BCUT2D eigenvalue weighted by Crippen LogP contribution is 2.23. The van der Waals surface area contributed by atoms with Gasteiger partial charge in [-0.1, -0.05) is 29.8 Å². The molecular formula is C15H14ClFO2. The number of aliphatic hydroxyl groups excluding tert-OH is 1. The fourth-order valence-electron chi connectivity index (χ4n) is 1.68. The highest BCUT2D eigenvalue weighted by atomic mass is 35.5. The molecule has 0 aliphatic carbocycles. The fraction of sp³-hybridized carbons (Fsp3) is 0.200. The van der Waals surface area contributed by atoms with Gasteiger partial charge in [-0.2, -0.15) is 0 Å². The molecule has 0 aliphatic heterocycles. The summed E-state index contributed by atoms with van der Waals surface area (Å²) in [7, 11) is 0. The van der Waals surface area contributed by atoms with E-state index in [1.54, 1.807) is 25.1 Å². The van der Waals surface area contributed by atoms with Crippen molar-refractivity contribution in [1.29, 1.82) is 0 Å². The molecule has 0 aromatic heterocycles. The minimum Gasteiger partial charge on any atom is -0.486 e. The Morgan fingerprint density at radius 3 is 2.68 bits per heavy atom. The third-order valence-electron chi connectivity index (χ3n) is 2.72. The fourth-order valence-corrected chi connectivity index (χ4v) is 1.89. The molecule has 1 N–H and O–H groups in total. The van der Waals surface area contributed by atoms with E-state index in [-0.39, 0.29) is 12.4 Å². The SMILES string of the molecule is C[C@@H](O)c1ccc(OCc2cccc(Cl)c2)c(F)c1. The van der Waals surface area contributed by atoms with E-state index in [1.165, 1.54) is 12.1 Å². The van der Waals surface area contributed by atoms with Gasteiger partial charge in [0.15, 0.2) is 11.6 Å². The molecule has 0 bridgehead atoms. The quantitative estimate of drug-likeness (QED) is 0.913. The maximum atomic E-state index is 13.7. The Morgan fingerprint density at radius 2 is 2.05 bits per heavy atom. The van der Waals surface area contributed by atoms with Crippen molar-refractivity contribution < 1.29 is 14.2 Å². The lowest BCUT2D eigenvalue weighted by Crippen LogP contribution is -1.99. The van der Waals surface area contributed by atoms with Crippen LogP contribution in [0.2, 0.25) is 5.02 Å². The van der Waals surface area contributed by atoms with Crippen molar-refractivity contribution >= 4 is 11.6 Å². The summed E-state index contributed by atoms with van der Waals surface area (Å²) in [6.45, 7) is 1.83. The minimum absolute atomic E-state index is 0.157. The summed E-state index contributed by atoms with van der Waals surface area (Å²) in [5.41, 5.74) is 1.39. The summed E-state index contributed by atoms with van der Waals surface area (Å²) in [6, 6.07) is 11.6. The van der Waals surface area contributed by atoms with Crippen molar-refractivity contribution in [3.8, 4) is 5.75 Å². The molecule has 2 aromatic carbocycles. The molecule has 4 heteroatoms. The van der Waals surface area contributed by atoms with E-state index in [4.69, 9.17) is 16.3 Å². The van der Waals surface area contributed by atoms with Gasteiger partial charge < -0.3 is 9.84 Å². The first kappa shape index (κ1) is 13.8. The van der Waals surface area contributed by atoms with Crippen molar-refractivity contribution in [1.82, 2.24) is 0 Å². The molecule has 19 heavy (non-hydrogen) atoms. The number of aliphatic hydroxyl groups is 1. The molecule has 0 aliphatic rings. The molecule has 1 atom stereocenters. The minimum atomic E-state index is -0.698. The van der Waals surface area contributed by atoms with Gasteiger partial charge in [0.25, 0.3) is 0 Å². The van der Waals surface area contributed by atoms with Gasteiger partial charge in [0, 0.05) is 5.02 Å². The lowest BCUT2D eigenvalue weighted by molar-refractivity contribution is 0.198. The Bertz CT molecular complexity index is 570. The molecule has 0 radical (unpaired) electrons. The van der Waals surface area contributed by atoms with Gasteiger partial charge in [-0.15, -0.1) is 0 Å². The van der Waals surface area contributed by atoms with Crippen molar-refractivity contribution in [3.05, 3.63) is 64.4 Å². The topological polar surface area (TPSA) is 29.5 Å². The maximum Gasteiger partial charge on any atom is 0.165 e. The van der Waals surface area contributed by atoms with Crippen LogP contribution in [0.1, 0.15) is 24.2 Å². The van der Waals surface area contributed by atoms with Crippen LogP contribution in [0.3, 0.4) is 0 Å². The van der Waals surface area contributed by atoms with Crippen LogP contribution >= 0.6 is 11.6 Å². The zero-order valence-corrected chi connectivity index (χ0v) is 11.2. The first-order chi connectivity index (χ1) is 9.06. The van der Waals surface area contributed by atoms with Crippen LogP contribution < -0.4 is 4.74 Å². The van der Waals surface area contributed by atoms with Crippen molar-refractivity contribution in [2.45, 2.75) is 19.6 Å². The number of benzene rings is 2. The Kier molecular flexibility index (Phi) is 4.40. The average Bonchev–Trinajstić information content (AvgIpc) is 2.37. The van der Waals surface area contributed by atoms with Gasteiger partial charge in [-0.05, 0) is 42.3 Å². The van der Waals surface area contributed by atoms with Gasteiger partial charge in [-0.25, -0.2) is 4.39 Å². The van der Waals surface area contributed by atoms with Crippen LogP contribution in [0, 0.1) is 5.82 Å². The molecule has 2 aromatic rings. The monoisotopic (exact) mass is 280 g/mol. The molecule has 0 unspecified atom stereocenters. The average molecular weight is 281 g/mol. The summed E-state index contributed by atoms with van der Waals surface area (Å²) >= 11 is 5.86. The molecule has 100 valence electrons. The zero-order valence-electron chi connectivity index (χ0n) is 10.4. The second kappa shape index (κ2) is 6.04. The Balaban J connectivity index is 2.07. The first-order valence-corrected chi connectivity index (χ1v) is 6.29. The lowest BCUT2D eigenvalue weighted by Gasteiger charge is -2.10. The zero-order chi connectivity index (χ0) is 13.8. The van der Waals surface area contributed by atoms with Crippen LogP contribution in [0.5, 0.6) is 5.75 Å². The highest BCUT2D eigenvalue weighted by Gasteiger charge is 2.08. The summed E-state index contributed by atoms with van der Waals surface area (Å²) in [4.78, 5) is 0. The Labute approximate surface area is 116 Å². The van der Waals surface area contributed by atoms with Crippen LogP contribution in [-0.2, 0) is 6.61 Å². The molecule has 0 heterocycles. The Morgan fingerprint density at radius 1 is 1.26 bits per heavy atom. The van der Waals surface area contributed by atoms with Crippen molar-refractivity contribution in [2.75, 3.05) is 0 Å². The highest BCUT2D eigenvalue weighted by molar-refractivity contribution is 6.30. The number of ether oxygens (including phenoxy) is 1. The molecule has 0 amide bonds. The van der Waals surface area contributed by atoms with E-state index >= 15 is 0 Å². The molecule has 0 saturated heterocycles. The maximum absolute atomic E-state index is 13.7. The smallest absolute Gasteiger partial charge is 0.165 e. The second-order valence-corrected chi connectivity index (χ2v) is 4.72. The summed E-state index contributed by atoms with van der Waals surface area (Å²) < 4.78 is 19.1. The predicted molar refractivity (Wildman–Crippen MR) is 72.8 cm³/mol. The molecule has 2 rings (SSSR count). The normalized spacial score (nSPS) is 12.2. The van der Waals surface area contributed by atoms with Gasteiger partial charge in [-0.3, -0.25) is 0 Å². The predicted octanol–water partition coefficient (Wildman–Crippen LogP) is 4.11. The molecule has 0 spiro atoms. The third-order valence-corrected chi connectivity index (χ3v) is 2.96. The summed E-state index contributed by atoms with van der Waals surface area (Å²) in [5.74, 6) is -0.329. The molecule has 0 fully saturated rings. The first-order valence-electron chi connectivity index (χ1n) is 5.91. The van der Waals surface area contributed by atoms with Crippen LogP contribution in [0.15, 0.2) is 42.5 Å². The van der Waals surface area contributed by atoms with Gasteiger partial charge in [0.05, 0.1) is 6.10 Å². The standard InChI is InChI=1S/C15H14ClFO2/c1-10(18)12-5-6-15(14(17)8-12)19-9-11-3-2-4-13(16)7-11/h2-8,10,18H,9H2,1H3/t10-/m1/s1. The van der Waals surface area contributed by atoms with Crippen LogP contribution in [-0.4, -0.2) is 5.11 Å². The van der Waals surface area contributed by atoms with E-state index in [1.807, 2.05) is 12.1 Å². The van der Waals surface area contributed by atoms with E-state index in [9.17, 15) is 9.50 Å². The van der Waals surface area contributed by atoms with Gasteiger partial charge in [0.2, 0.25) is 0 Å². The van der Waals surface area contributed by atoms with Gasteiger partial charge >= 0.3 is 0 Å².